The van der Waals surface area contributed by atoms with Crippen LogP contribution in [0.25, 0.3) is 0 Å². The Balaban J connectivity index is 1.81. The standard InChI is InChI=1S/C14H13NO4S/c16-13(15-8-11-4-2-6-19-11)9-20-12-5-1-3-10(7-12)14(17)18/h1-7H,8-9H2,(H,15,16)(H,17,18). The number of rotatable bonds is 6. The Hall–Kier alpha value is -2.21. The predicted octanol–water partition coefficient (Wildman–Crippen LogP) is 2.39. The van der Waals surface area contributed by atoms with Gasteiger partial charge >= 0.3 is 5.97 Å². The number of nitrogens with one attached hydrogen (secondary N) is 1. The molecule has 0 atom stereocenters. The van der Waals surface area contributed by atoms with Gasteiger partial charge in [0.05, 0.1) is 24.1 Å². The van der Waals surface area contributed by atoms with Gasteiger partial charge in [-0.15, -0.1) is 11.8 Å². The van der Waals surface area contributed by atoms with Crippen molar-refractivity contribution < 1.29 is 19.1 Å². The van der Waals surface area contributed by atoms with E-state index in [-0.39, 0.29) is 17.2 Å². The molecule has 0 fully saturated rings. The van der Waals surface area contributed by atoms with E-state index >= 15 is 0 Å². The molecule has 0 unspecified atom stereocenters. The van der Waals surface area contributed by atoms with Crippen LogP contribution in [0.15, 0.2) is 52.0 Å². The van der Waals surface area contributed by atoms with Crippen molar-refractivity contribution in [3.63, 3.8) is 0 Å². The van der Waals surface area contributed by atoms with Crippen LogP contribution in [0.5, 0.6) is 0 Å². The third-order valence-electron chi connectivity index (χ3n) is 2.49. The van der Waals surface area contributed by atoms with Gasteiger partial charge in [-0.05, 0) is 30.3 Å². The number of hydrogen-bond donors (Lipinski definition) is 2. The van der Waals surface area contributed by atoms with Crippen molar-refractivity contribution in [1.29, 1.82) is 0 Å². The summed E-state index contributed by atoms with van der Waals surface area (Å²) in [5, 5.41) is 11.6. The summed E-state index contributed by atoms with van der Waals surface area (Å²) in [6.45, 7) is 0.349. The minimum Gasteiger partial charge on any atom is -0.478 e. The zero-order valence-corrected chi connectivity index (χ0v) is 11.4. The van der Waals surface area contributed by atoms with Crippen LogP contribution in [0.4, 0.5) is 0 Å². The van der Waals surface area contributed by atoms with E-state index in [4.69, 9.17) is 9.52 Å². The Morgan fingerprint density at radius 2 is 2.10 bits per heavy atom. The highest BCUT2D eigenvalue weighted by Crippen LogP contribution is 2.19. The van der Waals surface area contributed by atoms with Gasteiger partial charge in [0.15, 0.2) is 0 Å². The molecule has 0 radical (unpaired) electrons. The lowest BCUT2D eigenvalue weighted by atomic mass is 10.2. The monoisotopic (exact) mass is 291 g/mol. The molecule has 2 N–H and O–H groups in total. The zero-order chi connectivity index (χ0) is 14.4. The number of carbonyl (C=O) groups excluding carboxylic acids is 1. The summed E-state index contributed by atoms with van der Waals surface area (Å²) in [7, 11) is 0. The Bertz CT molecular complexity index is 595. The number of carboxylic acid groups (broad SMARTS) is 1. The summed E-state index contributed by atoms with van der Waals surface area (Å²) in [5.74, 6) is -0.192. The molecule has 0 aliphatic rings. The van der Waals surface area contributed by atoms with E-state index in [1.165, 1.54) is 17.8 Å². The molecular formula is C14H13NO4S. The normalized spacial score (nSPS) is 10.2. The van der Waals surface area contributed by atoms with Crippen LogP contribution in [0.3, 0.4) is 0 Å². The van der Waals surface area contributed by atoms with Crippen LogP contribution < -0.4 is 5.32 Å². The SMILES string of the molecule is O=C(CSc1cccc(C(=O)O)c1)NCc1ccco1. The molecule has 1 amide bonds. The van der Waals surface area contributed by atoms with E-state index in [9.17, 15) is 9.59 Å². The second-order valence-electron chi connectivity index (χ2n) is 3.98. The van der Waals surface area contributed by atoms with Crippen LogP contribution in [0, 0.1) is 0 Å². The molecule has 2 rings (SSSR count). The van der Waals surface area contributed by atoms with E-state index < -0.39 is 5.97 Å². The average Bonchev–Trinajstić information content (AvgIpc) is 2.96. The van der Waals surface area contributed by atoms with Gasteiger partial charge in [-0.3, -0.25) is 4.79 Å². The number of aromatic carboxylic acids is 1. The smallest absolute Gasteiger partial charge is 0.335 e. The summed E-state index contributed by atoms with van der Waals surface area (Å²) < 4.78 is 5.10. The van der Waals surface area contributed by atoms with Gasteiger partial charge in [0.1, 0.15) is 5.76 Å². The molecular weight excluding hydrogens is 278 g/mol. The highest BCUT2D eigenvalue weighted by Gasteiger charge is 2.06. The van der Waals surface area contributed by atoms with Crippen LogP contribution >= 0.6 is 11.8 Å². The highest BCUT2D eigenvalue weighted by atomic mass is 32.2. The van der Waals surface area contributed by atoms with Gasteiger partial charge in [0.25, 0.3) is 0 Å². The minimum atomic E-state index is -0.977. The van der Waals surface area contributed by atoms with Crippen molar-refractivity contribution in [3.8, 4) is 0 Å². The maximum absolute atomic E-state index is 11.6. The Morgan fingerprint density at radius 3 is 2.80 bits per heavy atom. The molecule has 0 aliphatic carbocycles. The Kier molecular flexibility index (Phi) is 4.84. The Morgan fingerprint density at radius 1 is 1.25 bits per heavy atom. The summed E-state index contributed by atoms with van der Waals surface area (Å²) in [4.78, 5) is 23.2. The first kappa shape index (κ1) is 14.2. The molecule has 6 heteroatoms. The minimum absolute atomic E-state index is 0.132. The van der Waals surface area contributed by atoms with Gasteiger partial charge < -0.3 is 14.8 Å². The number of amides is 1. The van der Waals surface area contributed by atoms with E-state index in [2.05, 4.69) is 5.32 Å². The topological polar surface area (TPSA) is 79.5 Å². The molecule has 5 nitrogen and oxygen atoms in total. The van der Waals surface area contributed by atoms with E-state index in [1.807, 2.05) is 0 Å². The Labute approximate surface area is 120 Å². The fraction of sp³-hybridized carbons (Fsp3) is 0.143. The quantitative estimate of drug-likeness (QED) is 0.799. The third kappa shape index (κ3) is 4.17. The molecule has 0 spiro atoms. The lowest BCUT2D eigenvalue weighted by Crippen LogP contribution is -2.24. The van der Waals surface area contributed by atoms with Crippen LogP contribution in [0.2, 0.25) is 0 Å². The number of furan rings is 1. The molecule has 0 saturated carbocycles. The second kappa shape index (κ2) is 6.81. The average molecular weight is 291 g/mol. The number of thioether (sulfide) groups is 1. The summed E-state index contributed by atoms with van der Waals surface area (Å²) in [6.07, 6.45) is 1.55. The van der Waals surface area contributed by atoms with Crippen LogP contribution in [0.1, 0.15) is 16.1 Å². The lowest BCUT2D eigenvalue weighted by Gasteiger charge is -2.04. The first-order chi connectivity index (χ1) is 9.65. The first-order valence-electron chi connectivity index (χ1n) is 5.90. The predicted molar refractivity (Wildman–Crippen MR) is 74.7 cm³/mol. The van der Waals surface area contributed by atoms with E-state index in [0.717, 1.165) is 4.90 Å². The molecule has 1 aromatic carbocycles. The molecule has 0 bridgehead atoms. The van der Waals surface area contributed by atoms with Gasteiger partial charge in [0, 0.05) is 4.90 Å². The largest absolute Gasteiger partial charge is 0.478 e. The van der Waals surface area contributed by atoms with E-state index in [1.54, 1.807) is 36.6 Å². The van der Waals surface area contributed by atoms with Crippen molar-refractivity contribution in [2.24, 2.45) is 0 Å². The number of carboxylic acids is 1. The lowest BCUT2D eigenvalue weighted by molar-refractivity contribution is -0.118. The first-order valence-corrected chi connectivity index (χ1v) is 6.89. The summed E-state index contributed by atoms with van der Waals surface area (Å²) in [5.41, 5.74) is 0.214. The van der Waals surface area contributed by atoms with Crippen molar-refractivity contribution in [1.82, 2.24) is 5.32 Å². The molecule has 1 heterocycles. The highest BCUT2D eigenvalue weighted by molar-refractivity contribution is 8.00. The van der Waals surface area contributed by atoms with Crippen molar-refractivity contribution in [2.45, 2.75) is 11.4 Å². The molecule has 1 aromatic heterocycles. The fourth-order valence-electron chi connectivity index (χ4n) is 1.52. The van der Waals surface area contributed by atoms with Gasteiger partial charge in [-0.2, -0.15) is 0 Å². The van der Waals surface area contributed by atoms with Crippen molar-refractivity contribution >= 4 is 23.6 Å². The van der Waals surface area contributed by atoms with Crippen molar-refractivity contribution in [2.75, 3.05) is 5.75 Å². The van der Waals surface area contributed by atoms with Crippen LogP contribution in [-0.4, -0.2) is 22.7 Å². The molecule has 2 aromatic rings. The third-order valence-corrected chi connectivity index (χ3v) is 3.48. The summed E-state index contributed by atoms with van der Waals surface area (Å²) >= 11 is 1.29. The second-order valence-corrected chi connectivity index (χ2v) is 5.03. The number of benzene rings is 1. The molecule has 0 aliphatic heterocycles. The van der Waals surface area contributed by atoms with E-state index in [0.29, 0.717) is 12.3 Å². The van der Waals surface area contributed by atoms with Gasteiger partial charge in [-0.1, -0.05) is 6.07 Å². The maximum atomic E-state index is 11.6. The van der Waals surface area contributed by atoms with Gasteiger partial charge in [0.2, 0.25) is 5.91 Å². The summed E-state index contributed by atoms with van der Waals surface area (Å²) in [6, 6.07) is 10.0. The molecule has 0 saturated heterocycles. The van der Waals surface area contributed by atoms with Crippen molar-refractivity contribution in [3.05, 3.63) is 54.0 Å². The number of hydrogen-bond acceptors (Lipinski definition) is 4. The van der Waals surface area contributed by atoms with Crippen LogP contribution in [-0.2, 0) is 11.3 Å². The van der Waals surface area contributed by atoms with Gasteiger partial charge in [-0.25, -0.2) is 4.79 Å². The molecule has 20 heavy (non-hydrogen) atoms. The fourth-order valence-corrected chi connectivity index (χ4v) is 2.30. The molecule has 104 valence electrons. The number of carbonyl (C=O) groups is 2. The zero-order valence-electron chi connectivity index (χ0n) is 10.5. The maximum Gasteiger partial charge on any atom is 0.335 e.